The van der Waals surface area contributed by atoms with E-state index in [2.05, 4.69) is 17.4 Å². The molecular formula is C13H12NO2. The first-order valence-electron chi connectivity index (χ1n) is 5.50. The summed E-state index contributed by atoms with van der Waals surface area (Å²) < 4.78 is 0. The Bertz CT molecular complexity index is 487. The third kappa shape index (κ3) is 1.58. The van der Waals surface area contributed by atoms with E-state index in [9.17, 15) is 4.79 Å². The highest BCUT2D eigenvalue weighted by molar-refractivity contribution is 5.89. The van der Waals surface area contributed by atoms with Crippen molar-refractivity contribution in [3.05, 3.63) is 35.5 Å². The minimum absolute atomic E-state index is 0.0601. The summed E-state index contributed by atoms with van der Waals surface area (Å²) in [7, 11) is 0. The van der Waals surface area contributed by atoms with Gasteiger partial charge in [0.1, 0.15) is 0 Å². The number of aliphatic carboxylic acids is 1. The molecule has 1 saturated carbocycles. The minimum Gasteiger partial charge on any atom is -0.481 e. The first-order valence-corrected chi connectivity index (χ1v) is 5.50. The summed E-state index contributed by atoms with van der Waals surface area (Å²) in [6.07, 6.45) is 4.25. The van der Waals surface area contributed by atoms with Crippen LogP contribution in [-0.4, -0.2) is 11.1 Å². The number of rotatable bonds is 3. The molecule has 0 unspecified atom stereocenters. The van der Waals surface area contributed by atoms with Crippen molar-refractivity contribution in [2.45, 2.75) is 25.2 Å². The molecule has 0 aromatic heterocycles. The van der Waals surface area contributed by atoms with E-state index in [-0.39, 0.29) is 6.42 Å². The third-order valence-electron chi connectivity index (χ3n) is 3.12. The zero-order chi connectivity index (χ0) is 11.1. The lowest BCUT2D eigenvalue weighted by atomic mass is 10.00. The van der Waals surface area contributed by atoms with Crippen LogP contribution in [0.3, 0.4) is 0 Å². The van der Waals surface area contributed by atoms with Crippen molar-refractivity contribution in [3.8, 4) is 0 Å². The zero-order valence-electron chi connectivity index (χ0n) is 8.81. The zero-order valence-corrected chi connectivity index (χ0v) is 8.81. The van der Waals surface area contributed by atoms with Crippen LogP contribution in [-0.2, 0) is 4.79 Å². The van der Waals surface area contributed by atoms with Gasteiger partial charge in [0.15, 0.2) is 0 Å². The number of hydrogen-bond donors (Lipinski definition) is 1. The predicted octanol–water partition coefficient (Wildman–Crippen LogP) is 2.63. The summed E-state index contributed by atoms with van der Waals surface area (Å²) in [6.45, 7) is 0. The molecule has 1 aromatic carbocycles. The Morgan fingerprint density at radius 3 is 2.94 bits per heavy atom. The molecule has 1 radical (unpaired) electrons. The van der Waals surface area contributed by atoms with Crippen LogP contribution in [0.4, 0.5) is 5.69 Å². The molecule has 16 heavy (non-hydrogen) atoms. The van der Waals surface area contributed by atoms with E-state index in [0.717, 1.165) is 16.8 Å². The van der Waals surface area contributed by atoms with Crippen molar-refractivity contribution in [1.82, 2.24) is 5.32 Å². The van der Waals surface area contributed by atoms with Crippen molar-refractivity contribution >= 4 is 17.2 Å². The Hall–Kier alpha value is -1.77. The molecule has 1 aromatic rings. The number of carboxylic acid groups (broad SMARTS) is 1. The Labute approximate surface area is 93.8 Å². The highest BCUT2D eigenvalue weighted by Gasteiger charge is 2.26. The largest absolute Gasteiger partial charge is 0.481 e. The average Bonchev–Trinajstić information content (AvgIpc) is 3.03. The molecule has 0 saturated heterocycles. The molecule has 3 heteroatoms. The topological polar surface area (TPSA) is 51.4 Å². The highest BCUT2D eigenvalue weighted by Crippen LogP contribution is 2.43. The third-order valence-corrected chi connectivity index (χ3v) is 3.12. The fourth-order valence-electron chi connectivity index (χ4n) is 2.11. The van der Waals surface area contributed by atoms with Crippen molar-refractivity contribution < 1.29 is 9.90 Å². The summed E-state index contributed by atoms with van der Waals surface area (Å²) in [5.74, 6) is -0.108. The van der Waals surface area contributed by atoms with Gasteiger partial charge in [-0.05, 0) is 42.0 Å². The molecule has 1 aliphatic carbocycles. The summed E-state index contributed by atoms with van der Waals surface area (Å²) in [6, 6.07) is 6.21. The molecule has 1 aliphatic heterocycles. The van der Waals surface area contributed by atoms with Gasteiger partial charge in [-0.15, -0.1) is 0 Å². The molecule has 2 aliphatic rings. The molecule has 0 bridgehead atoms. The minimum atomic E-state index is -0.800. The van der Waals surface area contributed by atoms with E-state index in [1.807, 2.05) is 6.07 Å². The number of carbonyl (C=O) groups is 1. The van der Waals surface area contributed by atoms with E-state index in [1.54, 1.807) is 6.20 Å². The van der Waals surface area contributed by atoms with Gasteiger partial charge in [0, 0.05) is 11.8 Å². The maximum absolute atomic E-state index is 10.7. The monoisotopic (exact) mass is 214 g/mol. The van der Waals surface area contributed by atoms with Gasteiger partial charge in [-0.3, -0.25) is 10.1 Å². The first kappa shape index (κ1) is 9.46. The van der Waals surface area contributed by atoms with Gasteiger partial charge in [-0.1, -0.05) is 6.07 Å². The summed E-state index contributed by atoms with van der Waals surface area (Å²) in [5.41, 5.74) is 4.06. The van der Waals surface area contributed by atoms with E-state index in [4.69, 9.17) is 5.11 Å². The quantitative estimate of drug-likeness (QED) is 0.840. The van der Waals surface area contributed by atoms with Gasteiger partial charge < -0.3 is 5.11 Å². The van der Waals surface area contributed by atoms with Crippen LogP contribution in [0.5, 0.6) is 0 Å². The van der Waals surface area contributed by atoms with Crippen LogP contribution in [0.2, 0.25) is 0 Å². The van der Waals surface area contributed by atoms with Crippen LogP contribution in [0.1, 0.15) is 36.3 Å². The van der Waals surface area contributed by atoms with Crippen LogP contribution >= 0.6 is 0 Å². The van der Waals surface area contributed by atoms with Gasteiger partial charge in [0.2, 0.25) is 0 Å². The van der Waals surface area contributed by atoms with Gasteiger partial charge in [-0.25, -0.2) is 0 Å². The molecule has 3 rings (SSSR count). The molecule has 0 spiro atoms. The van der Waals surface area contributed by atoms with Crippen LogP contribution in [0.15, 0.2) is 24.4 Å². The van der Waals surface area contributed by atoms with Crippen molar-refractivity contribution in [2.24, 2.45) is 0 Å². The first-order chi connectivity index (χ1) is 7.74. The Morgan fingerprint density at radius 2 is 2.25 bits per heavy atom. The molecule has 0 atom stereocenters. The lowest BCUT2D eigenvalue weighted by Gasteiger charge is -2.05. The Morgan fingerprint density at radius 1 is 1.44 bits per heavy atom. The molecule has 0 amide bonds. The molecule has 1 N–H and O–H groups in total. The number of nitrogens with zero attached hydrogens (tertiary/aromatic N) is 1. The number of carboxylic acids is 1. The number of benzene rings is 1. The molecule has 1 heterocycles. The number of fused-ring (bicyclic) bond motifs is 1. The summed E-state index contributed by atoms with van der Waals surface area (Å²) >= 11 is 0. The van der Waals surface area contributed by atoms with Crippen LogP contribution < -0.4 is 5.32 Å². The fourth-order valence-corrected chi connectivity index (χ4v) is 2.11. The maximum atomic E-state index is 10.7. The lowest BCUT2D eigenvalue weighted by molar-refractivity contribution is -0.135. The standard InChI is InChI=1S/C13H12NO2/c15-13(16)6-10-7-14-12-4-3-9(5-11(10)12)8-1-2-8/h3-5,7-8H,1-2,6H2,(H,15,16). The fraction of sp³-hybridized carbons (Fsp3) is 0.308. The van der Waals surface area contributed by atoms with E-state index < -0.39 is 5.97 Å². The van der Waals surface area contributed by atoms with E-state index >= 15 is 0 Å². The van der Waals surface area contributed by atoms with Crippen LogP contribution in [0.25, 0.3) is 5.57 Å². The Kier molecular flexibility index (Phi) is 1.99. The number of hydrogen-bond acceptors (Lipinski definition) is 1. The van der Waals surface area contributed by atoms with E-state index in [0.29, 0.717) is 5.92 Å². The van der Waals surface area contributed by atoms with Gasteiger partial charge in [0.25, 0.3) is 0 Å². The SMILES string of the molecule is O=C(O)CC1=C[N]c2ccc(C3CC3)cc21. The molecular weight excluding hydrogens is 202 g/mol. The van der Waals surface area contributed by atoms with Crippen LogP contribution in [0, 0.1) is 0 Å². The van der Waals surface area contributed by atoms with Crippen molar-refractivity contribution in [1.29, 1.82) is 0 Å². The molecule has 3 nitrogen and oxygen atoms in total. The van der Waals surface area contributed by atoms with Crippen molar-refractivity contribution in [3.63, 3.8) is 0 Å². The van der Waals surface area contributed by atoms with Crippen molar-refractivity contribution in [2.75, 3.05) is 0 Å². The summed E-state index contributed by atoms with van der Waals surface area (Å²) in [5, 5.41) is 13.0. The second-order valence-corrected chi connectivity index (χ2v) is 4.40. The Balaban J connectivity index is 1.94. The molecule has 1 fully saturated rings. The highest BCUT2D eigenvalue weighted by atomic mass is 16.4. The predicted molar refractivity (Wildman–Crippen MR) is 60.4 cm³/mol. The normalized spacial score (nSPS) is 17.6. The van der Waals surface area contributed by atoms with Gasteiger partial charge >= 0.3 is 5.97 Å². The maximum Gasteiger partial charge on any atom is 0.307 e. The lowest BCUT2D eigenvalue weighted by Crippen LogP contribution is -1.95. The van der Waals surface area contributed by atoms with Gasteiger partial charge in [0.05, 0.1) is 12.1 Å². The van der Waals surface area contributed by atoms with Gasteiger partial charge in [-0.2, -0.15) is 0 Å². The van der Waals surface area contributed by atoms with E-state index in [1.165, 1.54) is 18.4 Å². The summed E-state index contributed by atoms with van der Waals surface area (Å²) in [4.78, 5) is 10.7. The average molecular weight is 214 g/mol. The second kappa shape index (κ2) is 3.37. The second-order valence-electron chi connectivity index (χ2n) is 4.40. The molecule has 81 valence electrons. The smallest absolute Gasteiger partial charge is 0.307 e.